The molecule has 2 aliphatic rings. The lowest BCUT2D eigenvalue weighted by Crippen LogP contribution is -2.44. The summed E-state index contributed by atoms with van der Waals surface area (Å²) in [5.74, 6) is 1.86. The van der Waals surface area contributed by atoms with E-state index in [4.69, 9.17) is 9.47 Å². The summed E-state index contributed by atoms with van der Waals surface area (Å²) in [6.07, 6.45) is 3.11. The number of aryl methyl sites for hydroxylation is 1. The van der Waals surface area contributed by atoms with Crippen LogP contribution in [0.2, 0.25) is 0 Å². The van der Waals surface area contributed by atoms with Crippen LogP contribution in [0, 0.1) is 0 Å². The number of ether oxygens (including phenoxy) is 2. The molecular weight excluding hydrogens is 264 g/mol. The zero-order valence-corrected chi connectivity index (χ0v) is 13.0. The Hall–Kier alpha value is -1.26. The SMILES string of the molecule is CCc1cc2c(cc1CCN1CCNCC1)OCCCO2. The fraction of sp³-hybridized carbons (Fsp3) is 0.647. The van der Waals surface area contributed by atoms with E-state index in [1.807, 2.05) is 0 Å². The Labute approximate surface area is 127 Å². The Kier molecular flexibility index (Phi) is 4.99. The Bertz CT molecular complexity index is 470. The van der Waals surface area contributed by atoms with Crippen molar-refractivity contribution in [1.82, 2.24) is 10.2 Å². The molecule has 0 aromatic heterocycles. The molecular formula is C17H26N2O2. The Morgan fingerprint density at radius 1 is 1.05 bits per heavy atom. The molecule has 4 nitrogen and oxygen atoms in total. The van der Waals surface area contributed by atoms with Gasteiger partial charge in [-0.3, -0.25) is 0 Å². The molecule has 0 spiro atoms. The minimum atomic E-state index is 0.760. The van der Waals surface area contributed by atoms with Gasteiger partial charge < -0.3 is 19.7 Å². The van der Waals surface area contributed by atoms with E-state index in [9.17, 15) is 0 Å². The first-order valence-corrected chi connectivity index (χ1v) is 8.21. The van der Waals surface area contributed by atoms with Gasteiger partial charge in [0.05, 0.1) is 13.2 Å². The molecule has 1 fully saturated rings. The number of nitrogens with zero attached hydrogens (tertiary/aromatic N) is 1. The molecule has 1 saturated heterocycles. The lowest BCUT2D eigenvalue weighted by molar-refractivity contribution is 0.243. The maximum Gasteiger partial charge on any atom is 0.161 e. The van der Waals surface area contributed by atoms with Crippen molar-refractivity contribution in [3.8, 4) is 11.5 Å². The number of fused-ring (bicyclic) bond motifs is 1. The van der Waals surface area contributed by atoms with Crippen molar-refractivity contribution in [1.29, 1.82) is 0 Å². The molecule has 1 N–H and O–H groups in total. The summed E-state index contributed by atoms with van der Waals surface area (Å²) >= 11 is 0. The van der Waals surface area contributed by atoms with E-state index in [-0.39, 0.29) is 0 Å². The Morgan fingerprint density at radius 3 is 2.38 bits per heavy atom. The van der Waals surface area contributed by atoms with Gasteiger partial charge in [-0.2, -0.15) is 0 Å². The van der Waals surface area contributed by atoms with Crippen LogP contribution in [0.4, 0.5) is 0 Å². The third-order valence-corrected chi connectivity index (χ3v) is 4.36. The number of piperazine rings is 1. The van der Waals surface area contributed by atoms with E-state index in [1.54, 1.807) is 0 Å². The molecule has 1 aromatic rings. The van der Waals surface area contributed by atoms with Crippen LogP contribution in [0.25, 0.3) is 0 Å². The molecule has 0 atom stereocenters. The zero-order chi connectivity index (χ0) is 14.5. The van der Waals surface area contributed by atoms with Gasteiger partial charge in [-0.1, -0.05) is 6.92 Å². The van der Waals surface area contributed by atoms with E-state index in [1.165, 1.54) is 11.1 Å². The topological polar surface area (TPSA) is 33.7 Å². The summed E-state index contributed by atoms with van der Waals surface area (Å²) in [7, 11) is 0. The standard InChI is InChI=1S/C17H26N2O2/c1-2-14-12-16-17(21-11-3-10-20-16)13-15(14)4-7-19-8-5-18-6-9-19/h12-13,18H,2-11H2,1H3. The average Bonchev–Trinajstić information content (AvgIpc) is 2.77. The second-order valence-corrected chi connectivity index (χ2v) is 5.81. The van der Waals surface area contributed by atoms with Gasteiger partial charge in [-0.15, -0.1) is 0 Å². The second-order valence-electron chi connectivity index (χ2n) is 5.81. The molecule has 116 valence electrons. The Morgan fingerprint density at radius 2 is 1.71 bits per heavy atom. The number of nitrogens with one attached hydrogen (secondary N) is 1. The lowest BCUT2D eigenvalue weighted by atomic mass is 10.0. The van der Waals surface area contributed by atoms with Crippen LogP contribution < -0.4 is 14.8 Å². The van der Waals surface area contributed by atoms with E-state index in [2.05, 4.69) is 29.3 Å². The van der Waals surface area contributed by atoms with E-state index in [0.29, 0.717) is 0 Å². The van der Waals surface area contributed by atoms with Gasteiger partial charge in [-0.05, 0) is 36.1 Å². The van der Waals surface area contributed by atoms with Crippen LogP contribution in [0.1, 0.15) is 24.5 Å². The smallest absolute Gasteiger partial charge is 0.161 e. The Balaban J connectivity index is 1.72. The normalized spacial score (nSPS) is 19.3. The van der Waals surface area contributed by atoms with Gasteiger partial charge in [0, 0.05) is 39.1 Å². The molecule has 1 aromatic carbocycles. The van der Waals surface area contributed by atoms with Crippen molar-refractivity contribution in [2.75, 3.05) is 45.9 Å². The zero-order valence-electron chi connectivity index (χ0n) is 13.0. The molecule has 0 saturated carbocycles. The van der Waals surface area contributed by atoms with Crippen LogP contribution in [-0.4, -0.2) is 50.8 Å². The van der Waals surface area contributed by atoms with Crippen molar-refractivity contribution < 1.29 is 9.47 Å². The monoisotopic (exact) mass is 290 g/mol. The highest BCUT2D eigenvalue weighted by Gasteiger charge is 2.15. The van der Waals surface area contributed by atoms with Crippen LogP contribution in [0.5, 0.6) is 11.5 Å². The van der Waals surface area contributed by atoms with Gasteiger partial charge in [0.2, 0.25) is 0 Å². The van der Waals surface area contributed by atoms with E-state index in [0.717, 1.165) is 76.7 Å². The van der Waals surface area contributed by atoms with Gasteiger partial charge in [0.15, 0.2) is 11.5 Å². The minimum Gasteiger partial charge on any atom is -0.490 e. The minimum absolute atomic E-state index is 0.760. The number of rotatable bonds is 4. The molecule has 0 bridgehead atoms. The van der Waals surface area contributed by atoms with Gasteiger partial charge in [0.25, 0.3) is 0 Å². The van der Waals surface area contributed by atoms with Crippen molar-refractivity contribution >= 4 is 0 Å². The summed E-state index contributed by atoms with van der Waals surface area (Å²) in [6, 6.07) is 4.40. The summed E-state index contributed by atoms with van der Waals surface area (Å²) in [5.41, 5.74) is 2.81. The van der Waals surface area contributed by atoms with Gasteiger partial charge in [0.1, 0.15) is 0 Å². The summed E-state index contributed by atoms with van der Waals surface area (Å²) < 4.78 is 11.6. The maximum atomic E-state index is 5.83. The molecule has 0 radical (unpaired) electrons. The third kappa shape index (κ3) is 3.69. The highest BCUT2D eigenvalue weighted by Crippen LogP contribution is 2.33. The van der Waals surface area contributed by atoms with E-state index < -0.39 is 0 Å². The van der Waals surface area contributed by atoms with Crippen LogP contribution in [0.3, 0.4) is 0 Å². The van der Waals surface area contributed by atoms with Crippen molar-refractivity contribution in [2.24, 2.45) is 0 Å². The average molecular weight is 290 g/mol. The molecule has 2 heterocycles. The number of benzene rings is 1. The number of hydrogen-bond donors (Lipinski definition) is 1. The third-order valence-electron chi connectivity index (χ3n) is 4.36. The van der Waals surface area contributed by atoms with Crippen molar-refractivity contribution in [2.45, 2.75) is 26.2 Å². The molecule has 21 heavy (non-hydrogen) atoms. The van der Waals surface area contributed by atoms with Crippen molar-refractivity contribution in [3.05, 3.63) is 23.3 Å². The lowest BCUT2D eigenvalue weighted by Gasteiger charge is -2.27. The highest BCUT2D eigenvalue weighted by molar-refractivity contribution is 5.48. The quantitative estimate of drug-likeness (QED) is 0.918. The van der Waals surface area contributed by atoms with E-state index >= 15 is 0 Å². The van der Waals surface area contributed by atoms with Crippen LogP contribution in [-0.2, 0) is 12.8 Å². The summed E-state index contributed by atoms with van der Waals surface area (Å²) in [4.78, 5) is 2.54. The highest BCUT2D eigenvalue weighted by atomic mass is 16.5. The predicted octanol–water partition coefficient (Wildman–Crippen LogP) is 1.86. The number of hydrogen-bond acceptors (Lipinski definition) is 4. The first kappa shape index (κ1) is 14.7. The molecule has 0 aliphatic carbocycles. The second kappa shape index (κ2) is 7.14. The first-order chi connectivity index (χ1) is 10.4. The van der Waals surface area contributed by atoms with Gasteiger partial charge >= 0.3 is 0 Å². The van der Waals surface area contributed by atoms with Crippen molar-refractivity contribution in [3.63, 3.8) is 0 Å². The predicted molar refractivity (Wildman–Crippen MR) is 84.4 cm³/mol. The largest absolute Gasteiger partial charge is 0.490 e. The molecule has 0 unspecified atom stereocenters. The molecule has 0 amide bonds. The fourth-order valence-electron chi connectivity index (χ4n) is 3.07. The fourth-order valence-corrected chi connectivity index (χ4v) is 3.07. The molecule has 2 aliphatic heterocycles. The first-order valence-electron chi connectivity index (χ1n) is 8.21. The maximum absolute atomic E-state index is 5.83. The molecule has 3 rings (SSSR count). The van der Waals surface area contributed by atoms with Crippen LogP contribution in [0.15, 0.2) is 12.1 Å². The van der Waals surface area contributed by atoms with Gasteiger partial charge in [-0.25, -0.2) is 0 Å². The summed E-state index contributed by atoms with van der Waals surface area (Å²) in [5, 5.41) is 3.41. The van der Waals surface area contributed by atoms with Crippen LogP contribution >= 0.6 is 0 Å². The molecule has 4 heteroatoms. The summed E-state index contributed by atoms with van der Waals surface area (Å²) in [6.45, 7) is 9.41.